The molecule has 0 heterocycles. The van der Waals surface area contributed by atoms with Gasteiger partial charge in [-0.15, -0.1) is 0 Å². The van der Waals surface area contributed by atoms with Gasteiger partial charge < -0.3 is 20.1 Å². The van der Waals surface area contributed by atoms with E-state index < -0.39 is 12.0 Å². The van der Waals surface area contributed by atoms with Gasteiger partial charge in [-0.3, -0.25) is 9.59 Å². The Bertz CT molecular complexity index is 1130. The Morgan fingerprint density at radius 2 is 1.61 bits per heavy atom. The third kappa shape index (κ3) is 5.34. The summed E-state index contributed by atoms with van der Waals surface area (Å²) in [6.45, 7) is 8.10. The van der Waals surface area contributed by atoms with Crippen LogP contribution in [0.2, 0.25) is 0 Å². The van der Waals surface area contributed by atoms with E-state index in [0.717, 1.165) is 45.9 Å². The van der Waals surface area contributed by atoms with Crippen LogP contribution in [0.1, 0.15) is 35.3 Å². The average molecular weight is 447 g/mol. The van der Waals surface area contributed by atoms with E-state index in [1.54, 1.807) is 7.11 Å². The second-order valence-corrected chi connectivity index (χ2v) is 8.01. The van der Waals surface area contributed by atoms with Gasteiger partial charge in [0, 0.05) is 23.5 Å². The third-order valence-electron chi connectivity index (χ3n) is 5.67. The molecule has 6 heteroatoms. The van der Waals surface area contributed by atoms with Gasteiger partial charge in [0.1, 0.15) is 11.8 Å². The summed E-state index contributed by atoms with van der Waals surface area (Å²) < 4.78 is 5.27. The Hall–Kier alpha value is -3.80. The molecule has 6 nitrogen and oxygen atoms in total. The second kappa shape index (κ2) is 10.2. The Kier molecular flexibility index (Phi) is 7.38. The molecule has 0 bridgehead atoms. The molecule has 0 aromatic heterocycles. The lowest BCUT2D eigenvalue weighted by Crippen LogP contribution is -2.38. The molecule has 3 aromatic rings. The van der Waals surface area contributed by atoms with E-state index in [1.807, 2.05) is 62.4 Å². The highest BCUT2D eigenvalue weighted by Gasteiger charge is 2.19. The van der Waals surface area contributed by atoms with Crippen molar-refractivity contribution in [2.75, 3.05) is 18.6 Å². The van der Waals surface area contributed by atoms with Crippen LogP contribution in [0, 0.1) is 13.8 Å². The number of ether oxygens (including phenoxy) is 1. The molecular weight excluding hydrogens is 416 g/mol. The number of aryl methyl sites for hydroxylation is 2. The fourth-order valence-electron chi connectivity index (χ4n) is 3.95. The number of methoxy groups -OCH3 is 1. The largest absolute Gasteiger partial charge is 0.497 e. The first-order chi connectivity index (χ1) is 15.7. The molecule has 0 spiro atoms. The molecular formula is C27H30N2O4. The molecule has 3 rings (SSSR count). The Balaban J connectivity index is 1.93. The van der Waals surface area contributed by atoms with Crippen LogP contribution in [-0.2, 0) is 4.79 Å². The normalized spacial score (nSPS) is 11.5. The second-order valence-electron chi connectivity index (χ2n) is 8.01. The maximum absolute atomic E-state index is 12.6. The zero-order valence-corrected chi connectivity index (χ0v) is 19.7. The van der Waals surface area contributed by atoms with Crippen LogP contribution >= 0.6 is 0 Å². The van der Waals surface area contributed by atoms with Crippen molar-refractivity contribution < 1.29 is 19.4 Å². The average Bonchev–Trinajstić information content (AvgIpc) is 2.79. The molecule has 1 amide bonds. The lowest BCUT2D eigenvalue weighted by atomic mass is 9.94. The highest BCUT2D eigenvalue weighted by molar-refractivity contribution is 5.99. The van der Waals surface area contributed by atoms with E-state index >= 15 is 0 Å². The van der Waals surface area contributed by atoms with Crippen LogP contribution in [0.15, 0.2) is 60.7 Å². The predicted molar refractivity (Wildman–Crippen MR) is 132 cm³/mol. The fraction of sp³-hybridized carbons (Fsp3) is 0.259. The molecule has 0 aliphatic heterocycles. The predicted octanol–water partition coefficient (Wildman–Crippen LogP) is 5.34. The van der Waals surface area contributed by atoms with Gasteiger partial charge in [-0.2, -0.15) is 0 Å². The molecule has 33 heavy (non-hydrogen) atoms. The summed E-state index contributed by atoms with van der Waals surface area (Å²) in [5, 5.41) is 11.6. The molecule has 0 aliphatic carbocycles. The van der Waals surface area contributed by atoms with Crippen molar-refractivity contribution in [3.05, 3.63) is 77.4 Å². The molecule has 0 unspecified atom stereocenters. The minimum absolute atomic E-state index is 0.378. The number of aliphatic carboxylic acids is 1. The quantitative estimate of drug-likeness (QED) is 0.488. The monoisotopic (exact) mass is 446 g/mol. The Morgan fingerprint density at radius 1 is 0.970 bits per heavy atom. The number of anilines is 2. The van der Waals surface area contributed by atoms with Gasteiger partial charge in [-0.1, -0.05) is 24.3 Å². The molecule has 3 aromatic carbocycles. The first kappa shape index (κ1) is 23.9. The van der Waals surface area contributed by atoms with Crippen molar-refractivity contribution >= 4 is 23.3 Å². The SMILES string of the molecule is CCN(c1ccc(OC)cc1)c1cccc(-c2cc(C)c(C(=O)N[C@@H](C)C(=O)O)c(C)c2)c1. The van der Waals surface area contributed by atoms with Crippen molar-refractivity contribution in [1.29, 1.82) is 0 Å². The number of carboxylic acids is 1. The lowest BCUT2D eigenvalue weighted by molar-refractivity contribution is -0.138. The van der Waals surface area contributed by atoms with Crippen LogP contribution in [0.4, 0.5) is 11.4 Å². The van der Waals surface area contributed by atoms with Crippen molar-refractivity contribution in [2.24, 2.45) is 0 Å². The highest BCUT2D eigenvalue weighted by atomic mass is 16.5. The van der Waals surface area contributed by atoms with Gasteiger partial charge in [0.25, 0.3) is 5.91 Å². The maximum Gasteiger partial charge on any atom is 0.325 e. The van der Waals surface area contributed by atoms with Crippen molar-refractivity contribution in [3.63, 3.8) is 0 Å². The van der Waals surface area contributed by atoms with Gasteiger partial charge >= 0.3 is 5.97 Å². The summed E-state index contributed by atoms with van der Waals surface area (Å²) in [4.78, 5) is 26.0. The zero-order chi connectivity index (χ0) is 24.1. The number of nitrogens with one attached hydrogen (secondary N) is 1. The molecule has 172 valence electrons. The van der Waals surface area contributed by atoms with E-state index in [9.17, 15) is 9.59 Å². The summed E-state index contributed by atoms with van der Waals surface area (Å²) in [7, 11) is 1.65. The first-order valence-electron chi connectivity index (χ1n) is 10.9. The standard InChI is InChI=1S/C27H30N2O4/c1-6-29(22-10-12-24(33-5)13-11-22)23-9-7-8-20(16-23)21-14-17(2)25(18(3)15-21)26(30)28-19(4)27(31)32/h7-16,19H,6H2,1-5H3,(H,28,30)(H,31,32)/t19-/m0/s1. The van der Waals surface area contributed by atoms with E-state index in [2.05, 4.69) is 29.3 Å². The molecule has 0 aliphatic rings. The number of carbonyl (C=O) groups is 2. The Labute approximate surface area is 194 Å². The number of carboxylic acid groups (broad SMARTS) is 1. The summed E-state index contributed by atoms with van der Waals surface area (Å²) in [6, 6.07) is 19.2. The molecule has 2 N–H and O–H groups in total. The summed E-state index contributed by atoms with van der Waals surface area (Å²) >= 11 is 0. The molecule has 1 atom stereocenters. The fourth-order valence-corrected chi connectivity index (χ4v) is 3.95. The third-order valence-corrected chi connectivity index (χ3v) is 5.67. The summed E-state index contributed by atoms with van der Waals surface area (Å²) in [5.74, 6) is -0.627. The zero-order valence-electron chi connectivity index (χ0n) is 19.7. The Morgan fingerprint density at radius 3 is 2.15 bits per heavy atom. The van der Waals surface area contributed by atoms with E-state index in [4.69, 9.17) is 9.84 Å². The molecule has 0 saturated carbocycles. The van der Waals surface area contributed by atoms with Crippen LogP contribution in [-0.4, -0.2) is 36.7 Å². The lowest BCUT2D eigenvalue weighted by Gasteiger charge is -2.24. The smallest absolute Gasteiger partial charge is 0.325 e. The van der Waals surface area contributed by atoms with Crippen molar-refractivity contribution in [1.82, 2.24) is 5.32 Å². The number of hydrogen-bond acceptors (Lipinski definition) is 4. The topological polar surface area (TPSA) is 78.9 Å². The number of benzene rings is 3. The first-order valence-corrected chi connectivity index (χ1v) is 10.9. The molecule has 0 saturated heterocycles. The molecule has 0 radical (unpaired) electrons. The van der Waals surface area contributed by atoms with E-state index in [-0.39, 0.29) is 5.91 Å². The van der Waals surface area contributed by atoms with Crippen LogP contribution in [0.3, 0.4) is 0 Å². The number of amides is 1. The highest BCUT2D eigenvalue weighted by Crippen LogP contribution is 2.32. The van der Waals surface area contributed by atoms with Gasteiger partial charge in [0.05, 0.1) is 7.11 Å². The van der Waals surface area contributed by atoms with Crippen LogP contribution in [0.5, 0.6) is 5.75 Å². The summed E-state index contributed by atoms with van der Waals surface area (Å²) in [5.41, 5.74) is 6.28. The van der Waals surface area contributed by atoms with Crippen LogP contribution in [0.25, 0.3) is 11.1 Å². The summed E-state index contributed by atoms with van der Waals surface area (Å²) in [6.07, 6.45) is 0. The number of carbonyl (C=O) groups excluding carboxylic acids is 1. The van der Waals surface area contributed by atoms with Crippen LogP contribution < -0.4 is 15.0 Å². The van der Waals surface area contributed by atoms with Crippen molar-refractivity contribution in [2.45, 2.75) is 33.7 Å². The number of nitrogens with zero attached hydrogens (tertiary/aromatic N) is 1. The van der Waals surface area contributed by atoms with Gasteiger partial charge in [-0.05, 0) is 86.3 Å². The van der Waals surface area contributed by atoms with Crippen molar-refractivity contribution in [3.8, 4) is 16.9 Å². The van der Waals surface area contributed by atoms with Gasteiger partial charge in [-0.25, -0.2) is 0 Å². The number of hydrogen-bond donors (Lipinski definition) is 2. The minimum Gasteiger partial charge on any atom is -0.497 e. The minimum atomic E-state index is -1.07. The van der Waals surface area contributed by atoms with E-state index in [1.165, 1.54) is 6.92 Å². The van der Waals surface area contributed by atoms with Gasteiger partial charge in [0.2, 0.25) is 0 Å². The maximum atomic E-state index is 12.6. The van der Waals surface area contributed by atoms with Gasteiger partial charge in [0.15, 0.2) is 0 Å². The van der Waals surface area contributed by atoms with E-state index in [0.29, 0.717) is 5.56 Å². The number of rotatable bonds is 8. The molecule has 0 fully saturated rings.